The highest BCUT2D eigenvalue weighted by molar-refractivity contribution is 5.78. The molecule has 1 aliphatic rings. The smallest absolute Gasteiger partial charge is 0.262 e. The number of rotatable bonds is 3. The van der Waals surface area contributed by atoms with Crippen molar-refractivity contribution >= 4 is 16.9 Å². The van der Waals surface area contributed by atoms with Crippen molar-refractivity contribution in [1.82, 2.24) is 19.1 Å². The summed E-state index contributed by atoms with van der Waals surface area (Å²) in [5.74, 6) is 1.13. The largest absolute Gasteiger partial charge is 0.342 e. The van der Waals surface area contributed by atoms with E-state index >= 15 is 0 Å². The van der Waals surface area contributed by atoms with E-state index in [2.05, 4.69) is 9.88 Å². The first-order chi connectivity index (χ1) is 13.0. The lowest BCUT2D eigenvalue weighted by molar-refractivity contribution is 0.347. The van der Waals surface area contributed by atoms with Crippen LogP contribution < -0.4 is 16.0 Å². The van der Waals surface area contributed by atoms with Gasteiger partial charge in [0, 0.05) is 38.4 Å². The van der Waals surface area contributed by atoms with Crippen molar-refractivity contribution in [2.45, 2.75) is 26.3 Å². The summed E-state index contributed by atoms with van der Waals surface area (Å²) in [6.45, 7) is 4.11. The van der Waals surface area contributed by atoms with Crippen LogP contribution in [0, 0.1) is 12.8 Å². The Hall–Kier alpha value is -2.96. The molecule has 1 fully saturated rings. The van der Waals surface area contributed by atoms with Crippen molar-refractivity contribution in [2.75, 3.05) is 18.0 Å². The molecule has 0 unspecified atom stereocenters. The Morgan fingerprint density at radius 2 is 1.85 bits per heavy atom. The zero-order valence-electron chi connectivity index (χ0n) is 15.6. The van der Waals surface area contributed by atoms with Gasteiger partial charge in [0.1, 0.15) is 0 Å². The molecule has 27 heavy (non-hydrogen) atoms. The van der Waals surface area contributed by atoms with Crippen LogP contribution in [0.4, 0.5) is 5.95 Å². The molecule has 0 radical (unpaired) electrons. The van der Waals surface area contributed by atoms with Crippen LogP contribution in [0.1, 0.15) is 18.4 Å². The van der Waals surface area contributed by atoms with E-state index in [9.17, 15) is 9.59 Å². The zero-order valence-corrected chi connectivity index (χ0v) is 15.6. The molecule has 1 aromatic carbocycles. The molecule has 0 spiro atoms. The maximum absolute atomic E-state index is 12.6. The van der Waals surface area contributed by atoms with E-state index in [-0.39, 0.29) is 11.1 Å². The van der Waals surface area contributed by atoms with Crippen molar-refractivity contribution in [3.05, 3.63) is 63.1 Å². The maximum atomic E-state index is 12.6. The quantitative estimate of drug-likeness (QED) is 0.707. The van der Waals surface area contributed by atoms with Gasteiger partial charge >= 0.3 is 0 Å². The number of hydrogen-bond acceptors (Lipinski definition) is 5. The van der Waals surface area contributed by atoms with E-state index in [1.807, 2.05) is 24.3 Å². The van der Waals surface area contributed by atoms with Gasteiger partial charge in [0.25, 0.3) is 11.1 Å². The first-order valence-corrected chi connectivity index (χ1v) is 9.26. The molecule has 0 bridgehead atoms. The van der Waals surface area contributed by atoms with Gasteiger partial charge < -0.3 is 4.90 Å². The third-order valence-electron chi connectivity index (χ3n) is 5.38. The molecule has 0 aliphatic carbocycles. The van der Waals surface area contributed by atoms with Crippen molar-refractivity contribution in [2.24, 2.45) is 13.0 Å². The van der Waals surface area contributed by atoms with Gasteiger partial charge in [0.15, 0.2) is 0 Å². The molecule has 7 nitrogen and oxygen atoms in total. The molecule has 140 valence electrons. The standard InChI is InChI=1S/C20H23N5O2/c1-14-11-21-13-25(18(14)26)12-15-7-9-24(10-8-15)20-22-17-6-4-3-5-16(17)19(27)23(20)2/h3-6,11,13,15H,7-10,12H2,1-2H3. The fraction of sp³-hybridized carbons (Fsp3) is 0.400. The summed E-state index contributed by atoms with van der Waals surface area (Å²) in [6, 6.07) is 7.45. The minimum absolute atomic E-state index is 0.0184. The van der Waals surface area contributed by atoms with Crippen molar-refractivity contribution in [3.8, 4) is 0 Å². The van der Waals surface area contributed by atoms with E-state index in [1.54, 1.807) is 35.6 Å². The number of aromatic nitrogens is 4. The van der Waals surface area contributed by atoms with E-state index in [0.717, 1.165) is 31.4 Å². The Labute approximate surface area is 156 Å². The lowest BCUT2D eigenvalue weighted by Gasteiger charge is -2.33. The average Bonchev–Trinajstić information content (AvgIpc) is 2.69. The van der Waals surface area contributed by atoms with E-state index in [0.29, 0.717) is 29.4 Å². The van der Waals surface area contributed by atoms with E-state index in [4.69, 9.17) is 4.98 Å². The number of fused-ring (bicyclic) bond motifs is 1. The lowest BCUT2D eigenvalue weighted by atomic mass is 9.97. The van der Waals surface area contributed by atoms with Gasteiger partial charge in [-0.1, -0.05) is 12.1 Å². The molecule has 3 heterocycles. The Kier molecular flexibility index (Phi) is 4.51. The third-order valence-corrected chi connectivity index (χ3v) is 5.38. The van der Waals surface area contributed by atoms with E-state index < -0.39 is 0 Å². The van der Waals surface area contributed by atoms with Gasteiger partial charge in [-0.25, -0.2) is 9.97 Å². The normalized spacial score (nSPS) is 15.4. The zero-order chi connectivity index (χ0) is 19.0. The van der Waals surface area contributed by atoms with Crippen LogP contribution in [-0.2, 0) is 13.6 Å². The lowest BCUT2D eigenvalue weighted by Crippen LogP contribution is -2.39. The molecule has 1 saturated heterocycles. The van der Waals surface area contributed by atoms with Crippen molar-refractivity contribution in [1.29, 1.82) is 0 Å². The predicted octanol–water partition coefficient (Wildman–Crippen LogP) is 1.72. The number of benzene rings is 1. The Balaban J connectivity index is 1.52. The molecule has 1 aliphatic heterocycles. The summed E-state index contributed by atoms with van der Waals surface area (Å²) in [4.78, 5) is 35.8. The van der Waals surface area contributed by atoms with Gasteiger partial charge in [0.05, 0.1) is 17.2 Å². The summed E-state index contributed by atoms with van der Waals surface area (Å²) in [5, 5.41) is 0.643. The molecule has 0 saturated carbocycles. The topological polar surface area (TPSA) is 73.0 Å². The maximum Gasteiger partial charge on any atom is 0.262 e. The Morgan fingerprint density at radius 3 is 2.63 bits per heavy atom. The SMILES string of the molecule is Cc1cncn(CC2CCN(c3nc4ccccc4c(=O)n3C)CC2)c1=O. The van der Waals surface area contributed by atoms with Gasteiger partial charge in [0.2, 0.25) is 5.95 Å². The van der Waals surface area contributed by atoms with Crippen LogP contribution in [0.25, 0.3) is 10.9 Å². The van der Waals surface area contributed by atoms with Crippen LogP contribution in [0.5, 0.6) is 0 Å². The minimum Gasteiger partial charge on any atom is -0.342 e. The highest BCUT2D eigenvalue weighted by atomic mass is 16.1. The van der Waals surface area contributed by atoms with E-state index in [1.165, 1.54) is 0 Å². The summed E-state index contributed by atoms with van der Waals surface area (Å²) < 4.78 is 3.34. The number of piperidine rings is 1. The highest BCUT2D eigenvalue weighted by Crippen LogP contribution is 2.23. The number of nitrogens with zero attached hydrogens (tertiary/aromatic N) is 5. The van der Waals surface area contributed by atoms with Gasteiger partial charge in [-0.2, -0.15) is 0 Å². The highest BCUT2D eigenvalue weighted by Gasteiger charge is 2.23. The van der Waals surface area contributed by atoms with Crippen LogP contribution in [-0.4, -0.2) is 32.2 Å². The fourth-order valence-corrected chi connectivity index (χ4v) is 3.77. The molecular formula is C20H23N5O2. The minimum atomic E-state index is -0.0184. The molecule has 0 N–H and O–H groups in total. The Bertz CT molecular complexity index is 1090. The summed E-state index contributed by atoms with van der Waals surface area (Å²) in [5.41, 5.74) is 1.42. The first kappa shape index (κ1) is 17.5. The summed E-state index contributed by atoms with van der Waals surface area (Å²) >= 11 is 0. The van der Waals surface area contributed by atoms with Gasteiger partial charge in [-0.15, -0.1) is 0 Å². The van der Waals surface area contributed by atoms with Crippen molar-refractivity contribution < 1.29 is 0 Å². The molecule has 3 aromatic rings. The van der Waals surface area contributed by atoms with Crippen molar-refractivity contribution in [3.63, 3.8) is 0 Å². The second kappa shape index (κ2) is 6.98. The van der Waals surface area contributed by atoms with Crippen LogP contribution in [0.15, 0.2) is 46.4 Å². The second-order valence-electron chi connectivity index (χ2n) is 7.26. The Morgan fingerprint density at radius 1 is 1.11 bits per heavy atom. The third kappa shape index (κ3) is 3.25. The van der Waals surface area contributed by atoms with Gasteiger partial charge in [-0.05, 0) is 37.8 Å². The van der Waals surface area contributed by atoms with Crippen LogP contribution in [0.3, 0.4) is 0 Å². The second-order valence-corrected chi connectivity index (χ2v) is 7.26. The number of aryl methyl sites for hydroxylation is 1. The fourth-order valence-electron chi connectivity index (χ4n) is 3.77. The molecule has 2 aromatic heterocycles. The molecule has 7 heteroatoms. The monoisotopic (exact) mass is 365 g/mol. The van der Waals surface area contributed by atoms with Gasteiger partial charge in [-0.3, -0.25) is 18.7 Å². The first-order valence-electron chi connectivity index (χ1n) is 9.26. The van der Waals surface area contributed by atoms with Crippen LogP contribution >= 0.6 is 0 Å². The average molecular weight is 365 g/mol. The predicted molar refractivity (Wildman–Crippen MR) is 105 cm³/mol. The number of hydrogen-bond donors (Lipinski definition) is 0. The summed E-state index contributed by atoms with van der Waals surface area (Å²) in [6.07, 6.45) is 5.12. The molecule has 0 atom stereocenters. The van der Waals surface area contributed by atoms with Crippen LogP contribution in [0.2, 0.25) is 0 Å². The number of para-hydroxylation sites is 1. The summed E-state index contributed by atoms with van der Waals surface area (Å²) in [7, 11) is 1.78. The molecular weight excluding hydrogens is 342 g/mol. The molecule has 0 amide bonds. The number of anilines is 1. The molecule has 4 rings (SSSR count).